The Morgan fingerprint density at radius 1 is 1.17 bits per heavy atom. The molecule has 2 aromatic carbocycles. The van der Waals surface area contributed by atoms with Crippen molar-refractivity contribution in [1.82, 2.24) is 9.71 Å². The largest absolute Gasteiger partial charge is 0.323 e. The average Bonchev–Trinajstić information content (AvgIpc) is 3.02. The number of nitrogens with one attached hydrogen (secondary N) is 2. The molecule has 3 rings (SSSR count). The van der Waals surface area contributed by atoms with Gasteiger partial charge in [-0.2, -0.15) is 4.72 Å². The van der Waals surface area contributed by atoms with Crippen LogP contribution in [-0.2, 0) is 14.8 Å². The van der Waals surface area contributed by atoms with E-state index in [-0.39, 0.29) is 10.8 Å². The Balaban J connectivity index is 1.85. The summed E-state index contributed by atoms with van der Waals surface area (Å²) in [6.07, 6.45) is 0.344. The zero-order valence-electron chi connectivity index (χ0n) is 17.2. The van der Waals surface area contributed by atoms with Crippen LogP contribution in [0, 0.1) is 19.8 Å². The summed E-state index contributed by atoms with van der Waals surface area (Å²) >= 11 is 7.64. The normalized spacial score (nSPS) is 13.0. The number of nitrogens with zero attached hydrogens (tertiary/aromatic N) is 1. The van der Waals surface area contributed by atoms with E-state index in [1.165, 1.54) is 17.4 Å². The number of carbonyl (C=O) groups is 1. The van der Waals surface area contributed by atoms with E-state index in [1.807, 2.05) is 33.8 Å². The minimum absolute atomic E-state index is 0.101. The highest BCUT2D eigenvalue weighted by atomic mass is 35.5. The summed E-state index contributed by atoms with van der Waals surface area (Å²) in [6.45, 7) is 7.63. The minimum Gasteiger partial charge on any atom is -0.323 e. The molecule has 0 fully saturated rings. The van der Waals surface area contributed by atoms with Gasteiger partial charge in [0.1, 0.15) is 6.04 Å². The molecule has 3 aromatic rings. The van der Waals surface area contributed by atoms with Crippen molar-refractivity contribution >= 4 is 54.8 Å². The summed E-state index contributed by atoms with van der Waals surface area (Å²) in [4.78, 5) is 17.4. The molecule has 0 saturated heterocycles. The third-order valence-electron chi connectivity index (χ3n) is 4.48. The monoisotopic (exact) mass is 465 g/mol. The van der Waals surface area contributed by atoms with E-state index in [0.717, 1.165) is 20.8 Å². The van der Waals surface area contributed by atoms with Crippen molar-refractivity contribution in [3.63, 3.8) is 0 Å². The van der Waals surface area contributed by atoms with Crippen LogP contribution in [0.1, 0.15) is 30.8 Å². The summed E-state index contributed by atoms with van der Waals surface area (Å²) in [6, 6.07) is 9.11. The van der Waals surface area contributed by atoms with Crippen molar-refractivity contribution in [2.75, 3.05) is 5.32 Å². The maximum absolute atomic E-state index is 13.0. The predicted molar refractivity (Wildman–Crippen MR) is 123 cm³/mol. The quantitative estimate of drug-likeness (QED) is 0.519. The molecule has 1 atom stereocenters. The van der Waals surface area contributed by atoms with E-state index >= 15 is 0 Å². The van der Waals surface area contributed by atoms with E-state index in [9.17, 15) is 13.2 Å². The number of anilines is 1. The van der Waals surface area contributed by atoms with E-state index in [4.69, 9.17) is 11.6 Å². The maximum atomic E-state index is 13.0. The lowest BCUT2D eigenvalue weighted by Gasteiger charge is -2.20. The molecule has 0 saturated carbocycles. The Hall–Kier alpha value is -2.00. The summed E-state index contributed by atoms with van der Waals surface area (Å²) in [5.74, 6) is -0.351. The van der Waals surface area contributed by atoms with Gasteiger partial charge in [-0.25, -0.2) is 13.4 Å². The molecule has 160 valence electrons. The van der Waals surface area contributed by atoms with Gasteiger partial charge < -0.3 is 5.32 Å². The number of benzene rings is 2. The molecule has 0 radical (unpaired) electrons. The lowest BCUT2D eigenvalue weighted by Crippen LogP contribution is -2.44. The van der Waals surface area contributed by atoms with Crippen LogP contribution in [0.2, 0.25) is 5.02 Å². The third-order valence-corrected chi connectivity index (χ3v) is 7.20. The molecule has 30 heavy (non-hydrogen) atoms. The molecular formula is C21H24ClN3O3S2. The standard InChI is InChI=1S/C21H24ClN3O3S2/c1-12(2)9-19(21(26)24-17-7-5-13(3)10-16(17)22)25-30(27,28)15-6-8-18-20(11-15)29-14(4)23-18/h5-8,10-12,19,25H,9H2,1-4H3,(H,24,26)/t19-/m1/s1. The fourth-order valence-electron chi connectivity index (χ4n) is 3.06. The first kappa shape index (κ1) is 22.7. The molecule has 1 heterocycles. The molecule has 0 unspecified atom stereocenters. The van der Waals surface area contributed by atoms with Crippen molar-refractivity contribution in [3.8, 4) is 0 Å². The Kier molecular flexibility index (Phi) is 6.81. The van der Waals surface area contributed by atoms with Crippen LogP contribution < -0.4 is 10.0 Å². The number of amides is 1. The van der Waals surface area contributed by atoms with E-state index in [2.05, 4.69) is 15.0 Å². The van der Waals surface area contributed by atoms with Crippen molar-refractivity contribution in [1.29, 1.82) is 0 Å². The van der Waals surface area contributed by atoms with Gasteiger partial charge in [0.2, 0.25) is 15.9 Å². The first-order chi connectivity index (χ1) is 14.0. The molecule has 1 aromatic heterocycles. The molecule has 0 bridgehead atoms. The molecule has 1 amide bonds. The van der Waals surface area contributed by atoms with Gasteiger partial charge in [0, 0.05) is 0 Å². The topological polar surface area (TPSA) is 88.2 Å². The van der Waals surface area contributed by atoms with Gasteiger partial charge in [-0.3, -0.25) is 4.79 Å². The third kappa shape index (κ3) is 5.37. The van der Waals surface area contributed by atoms with Gasteiger partial charge in [0.05, 0.1) is 30.8 Å². The number of hydrogen-bond acceptors (Lipinski definition) is 5. The Morgan fingerprint density at radius 2 is 1.90 bits per heavy atom. The Morgan fingerprint density at radius 3 is 2.57 bits per heavy atom. The molecular weight excluding hydrogens is 442 g/mol. The second-order valence-corrected chi connectivity index (χ2v) is 11.0. The van der Waals surface area contributed by atoms with Gasteiger partial charge in [0.15, 0.2) is 0 Å². The lowest BCUT2D eigenvalue weighted by molar-refractivity contribution is -0.118. The maximum Gasteiger partial charge on any atom is 0.242 e. The number of thiazole rings is 1. The van der Waals surface area contributed by atoms with Crippen LogP contribution in [0.5, 0.6) is 0 Å². The highest BCUT2D eigenvalue weighted by molar-refractivity contribution is 7.89. The van der Waals surface area contributed by atoms with Gasteiger partial charge in [0.25, 0.3) is 0 Å². The molecule has 6 nitrogen and oxygen atoms in total. The summed E-state index contributed by atoms with van der Waals surface area (Å²) in [7, 11) is -3.91. The first-order valence-corrected chi connectivity index (χ1v) is 12.2. The molecule has 9 heteroatoms. The van der Waals surface area contributed by atoms with Crippen LogP contribution >= 0.6 is 22.9 Å². The fraction of sp³-hybridized carbons (Fsp3) is 0.333. The van der Waals surface area contributed by atoms with Crippen LogP contribution in [0.15, 0.2) is 41.3 Å². The number of aryl methyl sites for hydroxylation is 2. The van der Waals surface area contributed by atoms with Crippen LogP contribution in [0.25, 0.3) is 10.2 Å². The highest BCUT2D eigenvalue weighted by Gasteiger charge is 2.27. The Labute approximate surface area is 185 Å². The lowest BCUT2D eigenvalue weighted by atomic mass is 10.0. The highest BCUT2D eigenvalue weighted by Crippen LogP contribution is 2.26. The molecule has 0 aliphatic rings. The summed E-state index contributed by atoms with van der Waals surface area (Å²) in [5.41, 5.74) is 2.16. The number of sulfonamides is 1. The van der Waals surface area contributed by atoms with Gasteiger partial charge in [-0.15, -0.1) is 11.3 Å². The fourth-order valence-corrected chi connectivity index (χ4v) is 5.52. The van der Waals surface area contributed by atoms with Crippen molar-refractivity contribution in [2.45, 2.75) is 45.1 Å². The van der Waals surface area contributed by atoms with Crippen molar-refractivity contribution < 1.29 is 13.2 Å². The molecule has 0 aliphatic carbocycles. The molecule has 0 aliphatic heterocycles. The number of fused-ring (bicyclic) bond motifs is 1. The zero-order chi connectivity index (χ0) is 22.1. The second kappa shape index (κ2) is 9.01. The van der Waals surface area contributed by atoms with Crippen LogP contribution in [0.3, 0.4) is 0 Å². The minimum atomic E-state index is -3.91. The smallest absolute Gasteiger partial charge is 0.242 e. The van der Waals surface area contributed by atoms with Gasteiger partial charge >= 0.3 is 0 Å². The SMILES string of the molecule is Cc1ccc(NC(=O)[C@@H](CC(C)C)NS(=O)(=O)c2ccc3nc(C)sc3c2)c(Cl)c1. The average molecular weight is 466 g/mol. The van der Waals surface area contributed by atoms with Crippen molar-refractivity contribution in [2.24, 2.45) is 5.92 Å². The number of hydrogen-bond donors (Lipinski definition) is 2. The Bertz CT molecular complexity index is 1190. The van der Waals surface area contributed by atoms with Crippen molar-refractivity contribution in [3.05, 3.63) is 52.0 Å². The van der Waals surface area contributed by atoms with Gasteiger partial charge in [-0.1, -0.05) is 31.5 Å². The number of halogens is 1. The van der Waals surface area contributed by atoms with E-state index < -0.39 is 22.0 Å². The second-order valence-electron chi connectivity index (χ2n) is 7.64. The number of carbonyl (C=O) groups excluding carboxylic acids is 1. The summed E-state index contributed by atoms with van der Waals surface area (Å²) in [5, 5.41) is 4.01. The number of rotatable bonds is 7. The molecule has 2 N–H and O–H groups in total. The zero-order valence-corrected chi connectivity index (χ0v) is 19.6. The number of aromatic nitrogens is 1. The van der Waals surface area contributed by atoms with Crippen LogP contribution in [-0.4, -0.2) is 25.4 Å². The van der Waals surface area contributed by atoms with Crippen LogP contribution in [0.4, 0.5) is 5.69 Å². The summed E-state index contributed by atoms with van der Waals surface area (Å²) < 4.78 is 29.4. The van der Waals surface area contributed by atoms with E-state index in [0.29, 0.717) is 17.1 Å². The first-order valence-electron chi connectivity index (χ1n) is 9.51. The van der Waals surface area contributed by atoms with Gasteiger partial charge in [-0.05, 0) is 62.1 Å². The van der Waals surface area contributed by atoms with E-state index in [1.54, 1.807) is 24.3 Å². The predicted octanol–water partition coefficient (Wildman–Crippen LogP) is 4.90. The molecule has 0 spiro atoms.